The molecule has 0 spiro atoms. The molecule has 1 aliphatic rings. The van der Waals surface area contributed by atoms with Crippen molar-refractivity contribution in [1.82, 2.24) is 5.32 Å². The summed E-state index contributed by atoms with van der Waals surface area (Å²) in [7, 11) is 1.29. The van der Waals surface area contributed by atoms with Crippen LogP contribution in [0.5, 0.6) is 0 Å². The van der Waals surface area contributed by atoms with Crippen LogP contribution in [0.2, 0.25) is 0 Å². The lowest BCUT2D eigenvalue weighted by Gasteiger charge is -2.18. The molecule has 0 heterocycles. The molecule has 1 amide bonds. The smallest absolute Gasteiger partial charge is 0.321 e. The van der Waals surface area contributed by atoms with Crippen LogP contribution in [0, 0.1) is 16.7 Å². The molecule has 0 aromatic heterocycles. The summed E-state index contributed by atoms with van der Waals surface area (Å²) in [6.45, 7) is 1.84. The average molecular weight is 272 g/mol. The van der Waals surface area contributed by atoms with E-state index in [0.717, 1.165) is 5.56 Å². The Kier molecular flexibility index (Phi) is 3.75. The second-order valence-corrected chi connectivity index (χ2v) is 5.00. The number of amides is 1. The van der Waals surface area contributed by atoms with E-state index in [1.165, 1.54) is 7.11 Å². The van der Waals surface area contributed by atoms with Gasteiger partial charge < -0.3 is 10.1 Å². The molecule has 5 heteroatoms. The number of carbonyl (C=O) groups is 2. The van der Waals surface area contributed by atoms with Gasteiger partial charge >= 0.3 is 5.97 Å². The summed E-state index contributed by atoms with van der Waals surface area (Å²) in [5.41, 5.74) is 0.466. The van der Waals surface area contributed by atoms with Crippen LogP contribution in [0.25, 0.3) is 0 Å². The number of rotatable bonds is 4. The number of benzene rings is 1. The van der Waals surface area contributed by atoms with Crippen molar-refractivity contribution in [2.75, 3.05) is 7.11 Å². The predicted molar refractivity (Wildman–Crippen MR) is 71.4 cm³/mol. The number of hydrogen-bond acceptors (Lipinski definition) is 4. The Bertz CT molecular complexity index is 568. The third-order valence-corrected chi connectivity index (χ3v) is 3.65. The normalized spacial score (nSPS) is 16.6. The molecule has 1 atom stereocenters. The van der Waals surface area contributed by atoms with Crippen molar-refractivity contribution in [3.05, 3.63) is 35.4 Å². The minimum atomic E-state index is -0.990. The Hall–Kier alpha value is -2.35. The highest BCUT2D eigenvalue weighted by atomic mass is 16.5. The monoisotopic (exact) mass is 272 g/mol. The SMILES string of the molecule is COC(=O)C1(C(=O)N[C@@H](C)c2ccc(C#N)cc2)CC1. The standard InChI is InChI=1S/C15H16N2O3/c1-10(12-5-3-11(9-16)4-6-12)17-13(18)15(7-8-15)14(19)20-2/h3-6,10H,7-8H2,1-2H3,(H,17,18)/t10-/m0/s1. The fraction of sp³-hybridized carbons (Fsp3) is 0.400. The van der Waals surface area contributed by atoms with Crippen molar-refractivity contribution in [3.8, 4) is 6.07 Å². The van der Waals surface area contributed by atoms with Crippen LogP contribution in [-0.4, -0.2) is 19.0 Å². The maximum Gasteiger partial charge on any atom is 0.321 e. The zero-order chi connectivity index (χ0) is 14.8. The van der Waals surface area contributed by atoms with Gasteiger partial charge in [0.25, 0.3) is 0 Å². The quantitative estimate of drug-likeness (QED) is 0.668. The minimum Gasteiger partial charge on any atom is -0.468 e. The molecule has 0 aliphatic heterocycles. The van der Waals surface area contributed by atoms with Crippen LogP contribution in [0.4, 0.5) is 0 Å². The van der Waals surface area contributed by atoms with E-state index in [1.807, 2.05) is 13.0 Å². The van der Waals surface area contributed by atoms with Gasteiger partial charge in [0.1, 0.15) is 5.41 Å². The summed E-state index contributed by atoms with van der Waals surface area (Å²) >= 11 is 0. The minimum absolute atomic E-state index is 0.225. The van der Waals surface area contributed by atoms with Crippen LogP contribution in [0.1, 0.15) is 36.9 Å². The molecule has 1 N–H and O–H groups in total. The Labute approximate surface area is 117 Å². The van der Waals surface area contributed by atoms with Crippen molar-refractivity contribution in [2.24, 2.45) is 5.41 Å². The van der Waals surface area contributed by atoms with E-state index < -0.39 is 11.4 Å². The van der Waals surface area contributed by atoms with Gasteiger partial charge in [-0.25, -0.2) is 0 Å². The number of methoxy groups -OCH3 is 1. The molecule has 0 bridgehead atoms. The number of ether oxygens (including phenoxy) is 1. The third kappa shape index (κ3) is 2.50. The van der Waals surface area contributed by atoms with Crippen LogP contribution in [-0.2, 0) is 14.3 Å². The number of nitrogens with one attached hydrogen (secondary N) is 1. The second kappa shape index (κ2) is 5.33. The van der Waals surface area contributed by atoms with Crippen molar-refractivity contribution in [2.45, 2.75) is 25.8 Å². The molecule has 0 radical (unpaired) electrons. The molecule has 104 valence electrons. The molecular formula is C15H16N2O3. The van der Waals surface area contributed by atoms with Crippen LogP contribution in [0.3, 0.4) is 0 Å². The van der Waals surface area contributed by atoms with Gasteiger partial charge in [-0.1, -0.05) is 12.1 Å². The topological polar surface area (TPSA) is 79.2 Å². The Balaban J connectivity index is 2.04. The van der Waals surface area contributed by atoms with E-state index in [1.54, 1.807) is 24.3 Å². The van der Waals surface area contributed by atoms with Gasteiger partial charge in [0.2, 0.25) is 5.91 Å². The number of nitriles is 1. The molecule has 5 nitrogen and oxygen atoms in total. The summed E-state index contributed by atoms with van der Waals surface area (Å²) in [6, 6.07) is 8.80. The molecule has 1 saturated carbocycles. The lowest BCUT2D eigenvalue weighted by atomic mass is 10.0. The van der Waals surface area contributed by atoms with Crippen molar-refractivity contribution in [3.63, 3.8) is 0 Å². The molecule has 1 aromatic rings. The highest BCUT2D eigenvalue weighted by Gasteiger charge is 2.57. The number of nitrogens with zero attached hydrogens (tertiary/aromatic N) is 1. The van der Waals surface area contributed by atoms with Gasteiger partial charge in [-0.2, -0.15) is 5.26 Å². The maximum absolute atomic E-state index is 12.2. The molecule has 1 fully saturated rings. The Morgan fingerprint density at radius 1 is 1.35 bits per heavy atom. The lowest BCUT2D eigenvalue weighted by Crippen LogP contribution is -2.38. The molecule has 1 aliphatic carbocycles. The highest BCUT2D eigenvalue weighted by Crippen LogP contribution is 2.47. The van der Waals surface area contributed by atoms with Crippen LogP contribution in [0.15, 0.2) is 24.3 Å². The summed E-state index contributed by atoms with van der Waals surface area (Å²) in [4.78, 5) is 23.8. The van der Waals surface area contributed by atoms with Crippen LogP contribution < -0.4 is 5.32 Å². The first-order valence-electron chi connectivity index (χ1n) is 6.43. The highest BCUT2D eigenvalue weighted by molar-refractivity contribution is 6.05. The van der Waals surface area contributed by atoms with E-state index in [9.17, 15) is 9.59 Å². The summed E-state index contributed by atoms with van der Waals surface area (Å²) < 4.78 is 4.68. The fourth-order valence-electron chi connectivity index (χ4n) is 2.11. The van der Waals surface area contributed by atoms with Gasteiger partial charge in [0.15, 0.2) is 0 Å². The van der Waals surface area contributed by atoms with Crippen LogP contribution >= 0.6 is 0 Å². The third-order valence-electron chi connectivity index (χ3n) is 3.65. The predicted octanol–water partition coefficient (Wildman–Crippen LogP) is 1.69. The summed E-state index contributed by atoms with van der Waals surface area (Å²) in [6.07, 6.45) is 1.07. The molecular weight excluding hydrogens is 256 g/mol. The zero-order valence-electron chi connectivity index (χ0n) is 11.5. The first kappa shape index (κ1) is 14.1. The molecule has 20 heavy (non-hydrogen) atoms. The summed E-state index contributed by atoms with van der Waals surface area (Å²) in [5.74, 6) is -0.761. The first-order valence-corrected chi connectivity index (χ1v) is 6.43. The zero-order valence-corrected chi connectivity index (χ0v) is 11.5. The molecule has 0 saturated heterocycles. The Morgan fingerprint density at radius 3 is 2.40 bits per heavy atom. The van der Waals surface area contributed by atoms with Crippen molar-refractivity contribution < 1.29 is 14.3 Å². The number of carbonyl (C=O) groups excluding carboxylic acids is 2. The number of esters is 1. The largest absolute Gasteiger partial charge is 0.468 e. The first-order chi connectivity index (χ1) is 9.53. The van der Waals surface area contributed by atoms with E-state index in [0.29, 0.717) is 18.4 Å². The maximum atomic E-state index is 12.2. The van der Waals surface area contributed by atoms with Gasteiger partial charge in [-0.3, -0.25) is 9.59 Å². The van der Waals surface area contributed by atoms with Gasteiger partial charge in [-0.15, -0.1) is 0 Å². The van der Waals surface area contributed by atoms with E-state index in [4.69, 9.17) is 5.26 Å². The van der Waals surface area contributed by atoms with Crippen molar-refractivity contribution in [1.29, 1.82) is 5.26 Å². The average Bonchev–Trinajstić information content (AvgIpc) is 3.28. The number of hydrogen-bond donors (Lipinski definition) is 1. The Morgan fingerprint density at radius 2 is 1.95 bits per heavy atom. The van der Waals surface area contributed by atoms with Gasteiger partial charge in [-0.05, 0) is 37.5 Å². The van der Waals surface area contributed by atoms with Gasteiger partial charge in [0.05, 0.1) is 24.8 Å². The molecule has 0 unspecified atom stereocenters. The van der Waals surface area contributed by atoms with E-state index in [-0.39, 0.29) is 11.9 Å². The fourth-order valence-corrected chi connectivity index (χ4v) is 2.11. The van der Waals surface area contributed by atoms with E-state index in [2.05, 4.69) is 10.1 Å². The van der Waals surface area contributed by atoms with Crippen molar-refractivity contribution >= 4 is 11.9 Å². The molecule has 1 aromatic carbocycles. The summed E-state index contributed by atoms with van der Waals surface area (Å²) in [5, 5.41) is 11.6. The van der Waals surface area contributed by atoms with Gasteiger partial charge in [0, 0.05) is 0 Å². The lowest BCUT2D eigenvalue weighted by molar-refractivity contribution is -0.152. The second-order valence-electron chi connectivity index (χ2n) is 5.00. The molecule has 2 rings (SSSR count). The van der Waals surface area contributed by atoms with E-state index >= 15 is 0 Å².